The summed E-state index contributed by atoms with van der Waals surface area (Å²) < 4.78 is 16.2. The Labute approximate surface area is 95.6 Å². The van der Waals surface area contributed by atoms with Crippen molar-refractivity contribution < 1.29 is 14.2 Å². The molecule has 1 aromatic rings. The van der Waals surface area contributed by atoms with E-state index < -0.39 is 0 Å². The quantitative estimate of drug-likeness (QED) is 0.729. The second kappa shape index (κ2) is 5.03. The third-order valence-corrected chi connectivity index (χ3v) is 2.46. The summed E-state index contributed by atoms with van der Waals surface area (Å²) in [5, 5.41) is 0. The van der Waals surface area contributed by atoms with E-state index in [1.54, 1.807) is 7.11 Å². The molecule has 0 spiro atoms. The van der Waals surface area contributed by atoms with Gasteiger partial charge >= 0.3 is 0 Å². The van der Waals surface area contributed by atoms with Gasteiger partial charge in [0.15, 0.2) is 0 Å². The van der Waals surface area contributed by atoms with E-state index in [1.165, 1.54) is 0 Å². The summed E-state index contributed by atoms with van der Waals surface area (Å²) in [6.45, 7) is 2.57. The van der Waals surface area contributed by atoms with Crippen molar-refractivity contribution in [1.82, 2.24) is 0 Å². The van der Waals surface area contributed by atoms with E-state index in [9.17, 15) is 0 Å². The van der Waals surface area contributed by atoms with Crippen LogP contribution in [0.5, 0.6) is 11.5 Å². The zero-order valence-corrected chi connectivity index (χ0v) is 9.55. The monoisotopic (exact) mass is 220 g/mol. The second-order valence-electron chi connectivity index (χ2n) is 3.75. The number of hydrogen-bond donors (Lipinski definition) is 0. The molecule has 0 aromatic heterocycles. The van der Waals surface area contributed by atoms with Crippen LogP contribution in [0.2, 0.25) is 0 Å². The molecule has 1 aliphatic rings. The van der Waals surface area contributed by atoms with Crippen LogP contribution in [0, 0.1) is 0 Å². The van der Waals surface area contributed by atoms with Gasteiger partial charge in [-0.1, -0.05) is 12.2 Å². The summed E-state index contributed by atoms with van der Waals surface area (Å²) in [6.07, 6.45) is 4.34. The molecule has 1 heterocycles. The van der Waals surface area contributed by atoms with Gasteiger partial charge in [-0.2, -0.15) is 0 Å². The Morgan fingerprint density at radius 1 is 1.12 bits per heavy atom. The summed E-state index contributed by atoms with van der Waals surface area (Å²) in [7, 11) is 1.65. The molecule has 0 radical (unpaired) electrons. The molecule has 0 saturated carbocycles. The van der Waals surface area contributed by atoms with Crippen LogP contribution in [-0.4, -0.2) is 25.9 Å². The normalized spacial score (nSPS) is 23.4. The lowest BCUT2D eigenvalue weighted by molar-refractivity contribution is 0.0408. The van der Waals surface area contributed by atoms with Gasteiger partial charge in [-0.15, -0.1) is 0 Å². The standard InChI is InChI=1S/C13H16O3/c1-10-3-4-13(16-10)9-15-12-7-5-11(14-2)6-8-12/h3-8,10,13H,9H2,1-2H3/t10-,13-/m0/s1. The number of benzene rings is 1. The van der Waals surface area contributed by atoms with Crippen molar-refractivity contribution in [2.24, 2.45) is 0 Å². The molecule has 3 heteroatoms. The highest BCUT2D eigenvalue weighted by molar-refractivity contribution is 5.31. The lowest BCUT2D eigenvalue weighted by Crippen LogP contribution is -2.18. The minimum atomic E-state index is 0.0668. The molecule has 3 nitrogen and oxygen atoms in total. The first-order valence-corrected chi connectivity index (χ1v) is 5.38. The van der Waals surface area contributed by atoms with Crippen LogP contribution in [0.3, 0.4) is 0 Å². The van der Waals surface area contributed by atoms with E-state index in [4.69, 9.17) is 14.2 Å². The van der Waals surface area contributed by atoms with E-state index >= 15 is 0 Å². The Morgan fingerprint density at radius 2 is 1.81 bits per heavy atom. The predicted molar refractivity (Wildman–Crippen MR) is 62.0 cm³/mol. The van der Waals surface area contributed by atoms with Crippen molar-refractivity contribution in [3.63, 3.8) is 0 Å². The van der Waals surface area contributed by atoms with Crippen LogP contribution in [0.15, 0.2) is 36.4 Å². The highest BCUT2D eigenvalue weighted by Crippen LogP contribution is 2.18. The van der Waals surface area contributed by atoms with Crippen molar-refractivity contribution in [3.05, 3.63) is 36.4 Å². The molecule has 0 unspecified atom stereocenters. The van der Waals surface area contributed by atoms with Gasteiger partial charge in [0, 0.05) is 0 Å². The minimum Gasteiger partial charge on any atom is -0.497 e. The smallest absolute Gasteiger partial charge is 0.119 e. The molecule has 0 fully saturated rings. The van der Waals surface area contributed by atoms with Gasteiger partial charge in [0.2, 0.25) is 0 Å². The Kier molecular flexibility index (Phi) is 3.47. The molecule has 16 heavy (non-hydrogen) atoms. The maximum absolute atomic E-state index is 5.61. The average molecular weight is 220 g/mol. The van der Waals surface area contributed by atoms with Gasteiger partial charge in [0.1, 0.15) is 24.2 Å². The van der Waals surface area contributed by atoms with Crippen LogP contribution in [0.25, 0.3) is 0 Å². The fraction of sp³-hybridized carbons (Fsp3) is 0.385. The van der Waals surface area contributed by atoms with Crippen molar-refractivity contribution in [2.75, 3.05) is 13.7 Å². The molecule has 0 bridgehead atoms. The summed E-state index contributed by atoms with van der Waals surface area (Å²) in [5.41, 5.74) is 0. The van der Waals surface area contributed by atoms with E-state index in [2.05, 4.69) is 0 Å². The molecular weight excluding hydrogens is 204 g/mol. The Morgan fingerprint density at radius 3 is 2.38 bits per heavy atom. The van der Waals surface area contributed by atoms with E-state index in [0.29, 0.717) is 6.61 Å². The van der Waals surface area contributed by atoms with Gasteiger partial charge in [0.25, 0.3) is 0 Å². The topological polar surface area (TPSA) is 27.7 Å². The Hall–Kier alpha value is -1.48. The van der Waals surface area contributed by atoms with E-state index in [0.717, 1.165) is 11.5 Å². The highest BCUT2D eigenvalue weighted by atomic mass is 16.5. The third kappa shape index (κ3) is 2.76. The molecular formula is C13H16O3. The Balaban J connectivity index is 1.83. The second-order valence-corrected chi connectivity index (χ2v) is 3.75. The summed E-state index contributed by atoms with van der Waals surface area (Å²) in [4.78, 5) is 0. The van der Waals surface area contributed by atoms with Gasteiger partial charge in [0.05, 0.1) is 13.2 Å². The molecule has 0 N–H and O–H groups in total. The van der Waals surface area contributed by atoms with Gasteiger partial charge in [-0.3, -0.25) is 0 Å². The third-order valence-electron chi connectivity index (χ3n) is 2.46. The van der Waals surface area contributed by atoms with Gasteiger partial charge in [-0.05, 0) is 31.2 Å². The SMILES string of the molecule is COc1ccc(OC[C@@H]2C=C[C@H](C)O2)cc1. The lowest BCUT2D eigenvalue weighted by atomic mass is 10.3. The number of rotatable bonds is 4. The van der Waals surface area contributed by atoms with Gasteiger partial charge < -0.3 is 14.2 Å². The number of hydrogen-bond acceptors (Lipinski definition) is 3. The number of ether oxygens (including phenoxy) is 3. The van der Waals surface area contributed by atoms with E-state index in [-0.39, 0.29) is 12.2 Å². The predicted octanol–water partition coefficient (Wildman–Crippen LogP) is 2.42. The fourth-order valence-corrected chi connectivity index (χ4v) is 1.59. The van der Waals surface area contributed by atoms with Crippen molar-refractivity contribution in [3.8, 4) is 11.5 Å². The molecule has 0 saturated heterocycles. The number of methoxy groups -OCH3 is 1. The van der Waals surface area contributed by atoms with Crippen molar-refractivity contribution in [2.45, 2.75) is 19.1 Å². The maximum Gasteiger partial charge on any atom is 0.119 e. The highest BCUT2D eigenvalue weighted by Gasteiger charge is 2.15. The Bertz CT molecular complexity index is 356. The first kappa shape index (κ1) is 11.0. The molecule has 86 valence electrons. The first-order chi connectivity index (χ1) is 7.78. The fourth-order valence-electron chi connectivity index (χ4n) is 1.59. The molecule has 2 atom stereocenters. The largest absolute Gasteiger partial charge is 0.497 e. The maximum atomic E-state index is 5.61. The molecule has 1 aliphatic heterocycles. The average Bonchev–Trinajstić information content (AvgIpc) is 2.73. The molecule has 1 aromatic carbocycles. The summed E-state index contributed by atoms with van der Waals surface area (Å²) in [5.74, 6) is 1.66. The van der Waals surface area contributed by atoms with Crippen molar-refractivity contribution >= 4 is 0 Å². The lowest BCUT2D eigenvalue weighted by Gasteiger charge is -2.12. The van der Waals surface area contributed by atoms with Gasteiger partial charge in [-0.25, -0.2) is 0 Å². The summed E-state index contributed by atoms with van der Waals surface area (Å²) in [6, 6.07) is 7.54. The first-order valence-electron chi connectivity index (χ1n) is 5.38. The molecule has 0 amide bonds. The van der Waals surface area contributed by atoms with Crippen molar-refractivity contribution in [1.29, 1.82) is 0 Å². The zero-order chi connectivity index (χ0) is 11.4. The van der Waals surface area contributed by atoms with E-state index in [1.807, 2.05) is 43.3 Å². The molecule has 0 aliphatic carbocycles. The van der Waals surface area contributed by atoms with Crippen LogP contribution >= 0.6 is 0 Å². The van der Waals surface area contributed by atoms with Crippen LogP contribution in [-0.2, 0) is 4.74 Å². The van der Waals surface area contributed by atoms with Crippen LogP contribution < -0.4 is 9.47 Å². The zero-order valence-electron chi connectivity index (χ0n) is 9.55. The van der Waals surface area contributed by atoms with Crippen LogP contribution in [0.4, 0.5) is 0 Å². The minimum absolute atomic E-state index is 0.0668. The molecule has 2 rings (SSSR count). The summed E-state index contributed by atoms with van der Waals surface area (Å²) >= 11 is 0. The van der Waals surface area contributed by atoms with Crippen LogP contribution in [0.1, 0.15) is 6.92 Å².